The van der Waals surface area contributed by atoms with Crippen LogP contribution in [-0.2, 0) is 11.3 Å². The van der Waals surface area contributed by atoms with Gasteiger partial charge in [-0.2, -0.15) is 0 Å². The summed E-state index contributed by atoms with van der Waals surface area (Å²) in [5.41, 5.74) is 1.27. The Labute approximate surface area is 113 Å². The molecule has 0 spiro atoms. The SMILES string of the molecule is [CH2]CCCCCCCCCOCc1ccccc1. The van der Waals surface area contributed by atoms with Gasteiger partial charge in [-0.1, -0.05) is 82.2 Å². The zero-order chi connectivity index (χ0) is 12.9. The molecule has 0 unspecified atom stereocenters. The monoisotopic (exact) mass is 247 g/mol. The summed E-state index contributed by atoms with van der Waals surface area (Å²) in [5, 5.41) is 0. The van der Waals surface area contributed by atoms with Crippen LogP contribution in [0.25, 0.3) is 0 Å². The Morgan fingerprint density at radius 2 is 1.39 bits per heavy atom. The molecule has 0 saturated heterocycles. The van der Waals surface area contributed by atoms with Gasteiger partial charge >= 0.3 is 0 Å². The van der Waals surface area contributed by atoms with Crippen LogP contribution >= 0.6 is 0 Å². The van der Waals surface area contributed by atoms with Gasteiger partial charge in [-0.25, -0.2) is 0 Å². The largest absolute Gasteiger partial charge is 0.377 e. The summed E-state index contributed by atoms with van der Waals surface area (Å²) in [6, 6.07) is 10.4. The summed E-state index contributed by atoms with van der Waals surface area (Å²) in [6.45, 7) is 5.51. The number of unbranched alkanes of at least 4 members (excludes halogenated alkanes) is 7. The van der Waals surface area contributed by atoms with Gasteiger partial charge in [0.05, 0.1) is 6.61 Å². The van der Waals surface area contributed by atoms with Crippen LogP contribution in [-0.4, -0.2) is 6.61 Å². The second-order valence-corrected chi connectivity index (χ2v) is 4.87. The molecule has 1 heteroatoms. The summed E-state index contributed by atoms with van der Waals surface area (Å²) in [5.74, 6) is 0. The van der Waals surface area contributed by atoms with Crippen molar-refractivity contribution in [1.29, 1.82) is 0 Å². The Hall–Kier alpha value is -0.820. The van der Waals surface area contributed by atoms with E-state index < -0.39 is 0 Å². The molecule has 0 atom stereocenters. The van der Waals surface area contributed by atoms with Crippen LogP contribution < -0.4 is 0 Å². The molecule has 0 aliphatic rings. The van der Waals surface area contributed by atoms with Gasteiger partial charge in [-0.15, -0.1) is 0 Å². The van der Waals surface area contributed by atoms with Gasteiger partial charge in [0.15, 0.2) is 0 Å². The Balaban J connectivity index is 1.82. The van der Waals surface area contributed by atoms with E-state index in [0.29, 0.717) is 0 Å². The third kappa shape index (κ3) is 8.30. The predicted octanol–water partition coefficient (Wildman–Crippen LogP) is 5.16. The first-order valence-electron chi connectivity index (χ1n) is 7.34. The number of hydrogen-bond acceptors (Lipinski definition) is 1. The lowest BCUT2D eigenvalue weighted by Gasteiger charge is -2.04. The van der Waals surface area contributed by atoms with E-state index in [2.05, 4.69) is 31.2 Å². The molecule has 0 heterocycles. The van der Waals surface area contributed by atoms with Gasteiger partial charge in [0.2, 0.25) is 0 Å². The molecule has 101 valence electrons. The van der Waals surface area contributed by atoms with Crippen LogP contribution in [0.2, 0.25) is 0 Å². The molecule has 1 aromatic carbocycles. The van der Waals surface area contributed by atoms with Gasteiger partial charge in [0.25, 0.3) is 0 Å². The van der Waals surface area contributed by atoms with Crippen molar-refractivity contribution in [3.05, 3.63) is 42.8 Å². The van der Waals surface area contributed by atoms with Crippen molar-refractivity contribution < 1.29 is 4.74 Å². The van der Waals surface area contributed by atoms with E-state index in [1.54, 1.807) is 0 Å². The highest BCUT2D eigenvalue weighted by Crippen LogP contribution is 2.08. The normalized spacial score (nSPS) is 10.7. The third-order valence-electron chi connectivity index (χ3n) is 3.15. The van der Waals surface area contributed by atoms with Crippen LogP contribution in [0.3, 0.4) is 0 Å². The average Bonchev–Trinajstić information content (AvgIpc) is 2.42. The average molecular weight is 247 g/mol. The molecule has 0 aromatic heterocycles. The lowest BCUT2D eigenvalue weighted by molar-refractivity contribution is 0.116. The molecule has 1 aromatic rings. The second-order valence-electron chi connectivity index (χ2n) is 4.87. The summed E-state index contributed by atoms with van der Waals surface area (Å²) in [4.78, 5) is 0. The molecule has 1 nitrogen and oxygen atoms in total. The van der Waals surface area contributed by atoms with Crippen molar-refractivity contribution >= 4 is 0 Å². The second kappa shape index (κ2) is 11.3. The van der Waals surface area contributed by atoms with E-state index in [1.807, 2.05) is 6.07 Å². The summed E-state index contributed by atoms with van der Waals surface area (Å²) < 4.78 is 5.66. The molecule has 0 bridgehead atoms. The van der Waals surface area contributed by atoms with Gasteiger partial charge < -0.3 is 4.74 Å². The quantitative estimate of drug-likeness (QED) is 0.491. The Kier molecular flexibility index (Phi) is 9.55. The maximum atomic E-state index is 5.66. The zero-order valence-corrected chi connectivity index (χ0v) is 11.6. The van der Waals surface area contributed by atoms with Gasteiger partial charge in [-0.3, -0.25) is 0 Å². The molecular formula is C17H27O. The highest BCUT2D eigenvalue weighted by molar-refractivity contribution is 5.13. The summed E-state index contributed by atoms with van der Waals surface area (Å²) >= 11 is 0. The van der Waals surface area contributed by atoms with E-state index in [0.717, 1.165) is 19.6 Å². The van der Waals surface area contributed by atoms with Gasteiger partial charge in [-0.05, 0) is 12.0 Å². The Morgan fingerprint density at radius 3 is 2.06 bits per heavy atom. The lowest BCUT2D eigenvalue weighted by atomic mass is 10.1. The first kappa shape index (κ1) is 15.2. The first-order valence-corrected chi connectivity index (χ1v) is 7.34. The minimum atomic E-state index is 0.754. The third-order valence-corrected chi connectivity index (χ3v) is 3.15. The first-order chi connectivity index (χ1) is 8.93. The minimum absolute atomic E-state index is 0.754. The highest BCUT2D eigenvalue weighted by Gasteiger charge is 1.93. The fourth-order valence-electron chi connectivity index (χ4n) is 2.03. The highest BCUT2D eigenvalue weighted by atomic mass is 16.5. The van der Waals surface area contributed by atoms with Crippen molar-refractivity contribution in [3.8, 4) is 0 Å². The topological polar surface area (TPSA) is 9.23 Å². The molecule has 0 aliphatic heterocycles. The van der Waals surface area contributed by atoms with E-state index >= 15 is 0 Å². The van der Waals surface area contributed by atoms with E-state index in [4.69, 9.17) is 4.74 Å². The molecule has 0 N–H and O–H groups in total. The van der Waals surface area contributed by atoms with Gasteiger partial charge in [0.1, 0.15) is 0 Å². The van der Waals surface area contributed by atoms with Gasteiger partial charge in [0, 0.05) is 6.61 Å². The smallest absolute Gasteiger partial charge is 0.0716 e. The van der Waals surface area contributed by atoms with Crippen LogP contribution in [0.5, 0.6) is 0 Å². The maximum absolute atomic E-state index is 5.66. The van der Waals surface area contributed by atoms with Crippen molar-refractivity contribution in [2.75, 3.05) is 6.61 Å². The van der Waals surface area contributed by atoms with Crippen molar-refractivity contribution in [2.45, 2.75) is 58.0 Å². The van der Waals surface area contributed by atoms with Crippen LogP contribution in [0.4, 0.5) is 0 Å². The zero-order valence-electron chi connectivity index (χ0n) is 11.6. The molecule has 0 amide bonds. The van der Waals surface area contributed by atoms with Crippen LogP contribution in [0, 0.1) is 6.92 Å². The van der Waals surface area contributed by atoms with Crippen LogP contribution in [0.1, 0.15) is 56.9 Å². The molecule has 18 heavy (non-hydrogen) atoms. The molecule has 1 radical (unpaired) electrons. The van der Waals surface area contributed by atoms with E-state index in [9.17, 15) is 0 Å². The number of ether oxygens (including phenoxy) is 1. The molecule has 0 aliphatic carbocycles. The van der Waals surface area contributed by atoms with Crippen molar-refractivity contribution in [1.82, 2.24) is 0 Å². The number of rotatable bonds is 11. The fourth-order valence-corrected chi connectivity index (χ4v) is 2.03. The predicted molar refractivity (Wildman–Crippen MR) is 78.4 cm³/mol. The van der Waals surface area contributed by atoms with Crippen LogP contribution in [0.15, 0.2) is 30.3 Å². The number of hydrogen-bond donors (Lipinski definition) is 0. The fraction of sp³-hybridized carbons (Fsp3) is 0.588. The standard InChI is InChI=1S/C17H27O/c1-2-3-4-5-6-7-8-12-15-18-16-17-13-10-9-11-14-17/h9-11,13-14H,1-8,12,15-16H2. The number of benzene rings is 1. The van der Waals surface area contributed by atoms with E-state index in [1.165, 1.54) is 50.5 Å². The maximum Gasteiger partial charge on any atom is 0.0716 e. The molecule has 1 rings (SSSR count). The lowest BCUT2D eigenvalue weighted by Crippen LogP contribution is -1.95. The summed E-state index contributed by atoms with van der Waals surface area (Å²) in [7, 11) is 0. The Morgan fingerprint density at radius 1 is 0.778 bits per heavy atom. The molecule has 0 saturated carbocycles. The minimum Gasteiger partial charge on any atom is -0.377 e. The molecule has 0 fully saturated rings. The van der Waals surface area contributed by atoms with Crippen molar-refractivity contribution in [2.24, 2.45) is 0 Å². The summed E-state index contributed by atoms with van der Waals surface area (Å²) in [6.07, 6.45) is 10.3. The Bertz CT molecular complexity index is 268. The van der Waals surface area contributed by atoms with Crippen molar-refractivity contribution in [3.63, 3.8) is 0 Å². The van der Waals surface area contributed by atoms with E-state index in [-0.39, 0.29) is 0 Å². The molecular weight excluding hydrogens is 220 g/mol.